The predicted molar refractivity (Wildman–Crippen MR) is 115 cm³/mol. The second kappa shape index (κ2) is 9.56. The van der Waals surface area contributed by atoms with Gasteiger partial charge in [0, 0.05) is 36.1 Å². The number of carbonyl (C=O) groups is 1. The number of rotatable bonds is 8. The fourth-order valence-corrected chi connectivity index (χ4v) is 3.47. The molecule has 0 spiro atoms. The summed E-state index contributed by atoms with van der Waals surface area (Å²) in [6, 6.07) is 6.20. The van der Waals surface area contributed by atoms with E-state index in [1.807, 2.05) is 0 Å². The Kier molecular flexibility index (Phi) is 7.02. The molecule has 1 unspecified atom stereocenters. The first-order valence-electron chi connectivity index (χ1n) is 9.64. The average Bonchev–Trinajstić information content (AvgIpc) is 2.77. The lowest BCUT2D eigenvalue weighted by Crippen LogP contribution is -2.37. The molecule has 0 radical (unpaired) electrons. The van der Waals surface area contributed by atoms with Crippen LogP contribution in [0.3, 0.4) is 0 Å². The van der Waals surface area contributed by atoms with Gasteiger partial charge in [-0.2, -0.15) is 0 Å². The predicted octanol–water partition coefficient (Wildman–Crippen LogP) is 2.70. The van der Waals surface area contributed by atoms with Crippen molar-refractivity contribution >= 4 is 17.5 Å². The first-order chi connectivity index (χ1) is 15.2. The zero-order valence-corrected chi connectivity index (χ0v) is 17.9. The minimum absolute atomic E-state index is 0.0146. The second-order valence-corrected chi connectivity index (χ2v) is 7.37. The number of ether oxygens (including phenoxy) is 1. The van der Waals surface area contributed by atoms with Crippen LogP contribution < -0.4 is 16.2 Å². The molecule has 10 heteroatoms. The Balaban J connectivity index is 2.37. The highest BCUT2D eigenvalue weighted by Gasteiger charge is 2.34. The molecule has 1 aromatic carbocycles. The molecule has 0 aliphatic carbocycles. The summed E-state index contributed by atoms with van der Waals surface area (Å²) in [5, 5.41) is 11.1. The molecule has 168 valence electrons. The number of benzene rings is 1. The minimum atomic E-state index is -1.81. The van der Waals surface area contributed by atoms with Crippen LogP contribution in [-0.2, 0) is 16.8 Å². The first kappa shape index (κ1) is 23.5. The van der Waals surface area contributed by atoms with Crippen LogP contribution in [0.5, 0.6) is 5.75 Å². The first-order valence-corrected chi connectivity index (χ1v) is 10.0. The maximum absolute atomic E-state index is 14.8. The van der Waals surface area contributed by atoms with E-state index in [4.69, 9.17) is 27.8 Å². The van der Waals surface area contributed by atoms with E-state index in [-0.39, 0.29) is 52.9 Å². The van der Waals surface area contributed by atoms with E-state index in [0.29, 0.717) is 11.6 Å². The Bertz CT molecular complexity index is 1150. The van der Waals surface area contributed by atoms with Crippen molar-refractivity contribution in [2.24, 2.45) is 11.5 Å². The lowest BCUT2D eigenvalue weighted by Gasteiger charge is -2.28. The van der Waals surface area contributed by atoms with Gasteiger partial charge >= 0.3 is 0 Å². The number of aromatic nitrogens is 2. The Morgan fingerprint density at radius 1 is 1.22 bits per heavy atom. The number of aliphatic hydroxyl groups is 1. The van der Waals surface area contributed by atoms with Gasteiger partial charge in [-0.1, -0.05) is 11.6 Å². The van der Waals surface area contributed by atoms with Gasteiger partial charge in [0.1, 0.15) is 28.7 Å². The molecule has 2 aromatic heterocycles. The Morgan fingerprint density at radius 3 is 2.50 bits per heavy atom. The summed E-state index contributed by atoms with van der Waals surface area (Å²) in [7, 11) is 0. The van der Waals surface area contributed by atoms with E-state index in [0.717, 1.165) is 6.07 Å². The largest absolute Gasteiger partial charge is 0.491 e. The molecular weight excluding hydrogens is 442 g/mol. The standard InChI is InChI=1S/C22H21ClF2N4O3/c1-2-32-21-12(8-19(27)30)7-18(22(31,11-26)13-3-5-28-6-4-13)29-20(21)14-9-15(23)17(25)10-16(14)24/h3-7,9-10,31H,2,8,11,26H2,1H3,(H2,27,30). The summed E-state index contributed by atoms with van der Waals surface area (Å²) >= 11 is 5.88. The van der Waals surface area contributed by atoms with Gasteiger partial charge in [0.25, 0.3) is 0 Å². The van der Waals surface area contributed by atoms with E-state index in [1.165, 1.54) is 18.5 Å². The molecule has 1 atom stereocenters. The lowest BCUT2D eigenvalue weighted by atomic mass is 9.88. The highest BCUT2D eigenvalue weighted by atomic mass is 35.5. The summed E-state index contributed by atoms with van der Waals surface area (Å²) in [4.78, 5) is 20.1. The fourth-order valence-electron chi connectivity index (χ4n) is 3.31. The van der Waals surface area contributed by atoms with Crippen LogP contribution in [0.15, 0.2) is 42.7 Å². The van der Waals surface area contributed by atoms with Gasteiger partial charge in [0.15, 0.2) is 0 Å². The molecule has 0 saturated carbocycles. The molecular formula is C22H21ClF2N4O3. The third kappa shape index (κ3) is 4.55. The summed E-state index contributed by atoms with van der Waals surface area (Å²) in [5.41, 5.74) is 9.87. The zero-order valence-electron chi connectivity index (χ0n) is 17.1. The third-order valence-corrected chi connectivity index (χ3v) is 5.14. The normalized spacial score (nSPS) is 12.9. The maximum Gasteiger partial charge on any atom is 0.221 e. The van der Waals surface area contributed by atoms with Gasteiger partial charge in [0.2, 0.25) is 5.91 Å². The molecule has 5 N–H and O–H groups in total. The van der Waals surface area contributed by atoms with E-state index >= 15 is 0 Å². The van der Waals surface area contributed by atoms with Crippen molar-refractivity contribution in [1.29, 1.82) is 0 Å². The highest BCUT2D eigenvalue weighted by molar-refractivity contribution is 6.31. The monoisotopic (exact) mass is 462 g/mol. The van der Waals surface area contributed by atoms with Crippen molar-refractivity contribution in [2.75, 3.05) is 13.2 Å². The summed E-state index contributed by atoms with van der Waals surface area (Å²) in [6.07, 6.45) is 2.65. The number of nitrogens with two attached hydrogens (primary N) is 2. The molecule has 0 aliphatic heterocycles. The molecule has 0 bridgehead atoms. The van der Waals surface area contributed by atoms with Crippen molar-refractivity contribution in [2.45, 2.75) is 18.9 Å². The second-order valence-electron chi connectivity index (χ2n) is 6.97. The average molecular weight is 463 g/mol. The number of hydrogen-bond donors (Lipinski definition) is 3. The van der Waals surface area contributed by atoms with E-state index < -0.39 is 23.1 Å². The van der Waals surface area contributed by atoms with Gasteiger partial charge in [-0.15, -0.1) is 0 Å². The van der Waals surface area contributed by atoms with E-state index in [1.54, 1.807) is 19.1 Å². The maximum atomic E-state index is 14.8. The van der Waals surface area contributed by atoms with E-state index in [9.17, 15) is 18.7 Å². The van der Waals surface area contributed by atoms with E-state index in [2.05, 4.69) is 9.97 Å². The van der Waals surface area contributed by atoms with Gasteiger partial charge in [-0.25, -0.2) is 13.8 Å². The number of primary amides is 1. The summed E-state index contributed by atoms with van der Waals surface area (Å²) < 4.78 is 34.2. The Morgan fingerprint density at radius 2 is 1.91 bits per heavy atom. The number of pyridine rings is 2. The molecule has 32 heavy (non-hydrogen) atoms. The number of nitrogens with zero attached hydrogens (tertiary/aromatic N) is 2. The van der Waals surface area contributed by atoms with Crippen LogP contribution in [0, 0.1) is 11.6 Å². The Hall–Kier alpha value is -3.14. The number of halogens is 3. The minimum Gasteiger partial charge on any atom is -0.491 e. The summed E-state index contributed by atoms with van der Waals surface area (Å²) in [5.74, 6) is -2.53. The van der Waals surface area contributed by atoms with Crippen LogP contribution >= 0.6 is 11.6 Å². The fraction of sp³-hybridized carbons (Fsp3) is 0.227. The van der Waals surface area contributed by atoms with Crippen molar-refractivity contribution in [3.05, 3.63) is 76.2 Å². The van der Waals surface area contributed by atoms with Gasteiger partial charge in [0.05, 0.1) is 23.7 Å². The van der Waals surface area contributed by atoms with Gasteiger partial charge in [-0.05, 0) is 36.8 Å². The lowest BCUT2D eigenvalue weighted by molar-refractivity contribution is -0.117. The molecule has 3 aromatic rings. The van der Waals surface area contributed by atoms with Crippen molar-refractivity contribution < 1.29 is 23.4 Å². The molecule has 3 rings (SSSR count). The van der Waals surface area contributed by atoms with Gasteiger partial charge < -0.3 is 21.3 Å². The van der Waals surface area contributed by atoms with Crippen LogP contribution in [0.25, 0.3) is 11.3 Å². The molecule has 0 saturated heterocycles. The zero-order chi connectivity index (χ0) is 23.5. The van der Waals surface area contributed by atoms with Crippen molar-refractivity contribution in [1.82, 2.24) is 9.97 Å². The highest BCUT2D eigenvalue weighted by Crippen LogP contribution is 2.39. The molecule has 7 nitrogen and oxygen atoms in total. The molecule has 0 aliphatic rings. The number of hydrogen-bond acceptors (Lipinski definition) is 6. The topological polar surface area (TPSA) is 124 Å². The molecule has 0 fully saturated rings. The van der Waals surface area contributed by atoms with Gasteiger partial charge in [-0.3, -0.25) is 9.78 Å². The van der Waals surface area contributed by atoms with Crippen LogP contribution in [0.1, 0.15) is 23.7 Å². The molecule has 2 heterocycles. The number of amides is 1. The number of carbonyl (C=O) groups excluding carboxylic acids is 1. The van der Waals surface area contributed by atoms with Crippen molar-refractivity contribution in [3.63, 3.8) is 0 Å². The van der Waals surface area contributed by atoms with Crippen LogP contribution in [-0.4, -0.2) is 34.1 Å². The third-order valence-electron chi connectivity index (χ3n) is 4.85. The van der Waals surface area contributed by atoms with Crippen LogP contribution in [0.2, 0.25) is 5.02 Å². The molecule has 1 amide bonds. The smallest absolute Gasteiger partial charge is 0.221 e. The quantitative estimate of drug-likeness (QED) is 0.442. The van der Waals surface area contributed by atoms with Crippen molar-refractivity contribution in [3.8, 4) is 17.0 Å². The Labute approximate surface area is 188 Å². The van der Waals surface area contributed by atoms with Crippen LogP contribution in [0.4, 0.5) is 8.78 Å². The summed E-state index contributed by atoms with van der Waals surface area (Å²) in [6.45, 7) is 1.55. The SMILES string of the molecule is CCOc1c(CC(N)=O)cc(C(O)(CN)c2ccncc2)nc1-c1cc(Cl)c(F)cc1F.